The Morgan fingerprint density at radius 1 is 1.26 bits per heavy atom. The Balaban J connectivity index is 1.99. The SMILES string of the molecule is CCc1cc(C)c(C)cc1CN(C(=O)c1c(C(F)F)nn(C)c1F)C1CC1. The molecule has 1 aliphatic rings. The van der Waals surface area contributed by atoms with E-state index in [0.29, 0.717) is 4.68 Å². The lowest BCUT2D eigenvalue weighted by molar-refractivity contribution is 0.0711. The van der Waals surface area contributed by atoms with Crippen LogP contribution in [0, 0.1) is 19.8 Å². The van der Waals surface area contributed by atoms with Crippen LogP contribution in [0.2, 0.25) is 0 Å². The van der Waals surface area contributed by atoms with E-state index < -0.39 is 29.5 Å². The Morgan fingerprint density at radius 2 is 1.85 bits per heavy atom. The van der Waals surface area contributed by atoms with Gasteiger partial charge in [0, 0.05) is 19.6 Å². The van der Waals surface area contributed by atoms with Crippen LogP contribution in [0.4, 0.5) is 13.2 Å². The molecule has 1 aliphatic carbocycles. The number of aromatic nitrogens is 2. The summed E-state index contributed by atoms with van der Waals surface area (Å²) in [6.45, 7) is 6.34. The van der Waals surface area contributed by atoms with Crippen molar-refractivity contribution in [2.75, 3.05) is 0 Å². The number of carbonyl (C=O) groups is 1. The molecule has 1 aromatic carbocycles. The quantitative estimate of drug-likeness (QED) is 0.742. The molecule has 0 spiro atoms. The summed E-state index contributed by atoms with van der Waals surface area (Å²) in [5.74, 6) is -1.73. The summed E-state index contributed by atoms with van der Waals surface area (Å²) in [5, 5.41) is 3.50. The van der Waals surface area contributed by atoms with Crippen molar-refractivity contribution in [3.63, 3.8) is 0 Å². The van der Waals surface area contributed by atoms with Gasteiger partial charge in [-0.05, 0) is 55.4 Å². The van der Waals surface area contributed by atoms with E-state index in [4.69, 9.17) is 0 Å². The number of hydrogen-bond acceptors (Lipinski definition) is 2. The molecule has 4 nitrogen and oxygen atoms in total. The molecule has 1 fully saturated rings. The smallest absolute Gasteiger partial charge is 0.283 e. The molecular formula is C20H24F3N3O. The maximum absolute atomic E-state index is 14.4. The zero-order chi connectivity index (χ0) is 19.9. The second-order valence-electron chi connectivity index (χ2n) is 7.20. The monoisotopic (exact) mass is 379 g/mol. The van der Waals surface area contributed by atoms with Gasteiger partial charge in [0.2, 0.25) is 5.95 Å². The zero-order valence-corrected chi connectivity index (χ0v) is 16.0. The third kappa shape index (κ3) is 3.73. The van der Waals surface area contributed by atoms with Crippen molar-refractivity contribution in [3.8, 4) is 0 Å². The molecule has 1 amide bonds. The molecule has 0 radical (unpaired) electrons. The van der Waals surface area contributed by atoms with Crippen molar-refractivity contribution in [1.82, 2.24) is 14.7 Å². The van der Waals surface area contributed by atoms with Gasteiger partial charge in [0.1, 0.15) is 11.3 Å². The topological polar surface area (TPSA) is 38.1 Å². The first-order valence-corrected chi connectivity index (χ1v) is 9.15. The number of rotatable bonds is 6. The van der Waals surface area contributed by atoms with E-state index in [2.05, 4.69) is 11.2 Å². The Hall–Kier alpha value is -2.31. The maximum Gasteiger partial charge on any atom is 0.283 e. The van der Waals surface area contributed by atoms with Crippen LogP contribution in [0.1, 0.15) is 64.5 Å². The highest BCUT2D eigenvalue weighted by molar-refractivity contribution is 5.96. The van der Waals surface area contributed by atoms with Gasteiger partial charge in [0.25, 0.3) is 12.3 Å². The molecule has 1 aromatic heterocycles. The van der Waals surface area contributed by atoms with Crippen molar-refractivity contribution in [3.05, 3.63) is 51.6 Å². The van der Waals surface area contributed by atoms with E-state index in [9.17, 15) is 18.0 Å². The molecule has 1 saturated carbocycles. The Kier molecular flexibility index (Phi) is 5.31. The maximum atomic E-state index is 14.4. The van der Waals surface area contributed by atoms with Gasteiger partial charge in [-0.15, -0.1) is 0 Å². The summed E-state index contributed by atoms with van der Waals surface area (Å²) in [4.78, 5) is 14.6. The number of halogens is 3. The fourth-order valence-electron chi connectivity index (χ4n) is 3.37. The van der Waals surface area contributed by atoms with Gasteiger partial charge in [-0.2, -0.15) is 9.49 Å². The first kappa shape index (κ1) is 19.5. The second kappa shape index (κ2) is 7.37. The molecule has 0 bridgehead atoms. The van der Waals surface area contributed by atoms with Crippen molar-refractivity contribution < 1.29 is 18.0 Å². The molecule has 1 heterocycles. The van der Waals surface area contributed by atoms with Gasteiger partial charge >= 0.3 is 0 Å². The predicted octanol–water partition coefficient (Wildman–Crippen LogP) is 4.48. The van der Waals surface area contributed by atoms with Gasteiger partial charge in [-0.3, -0.25) is 4.79 Å². The fourth-order valence-corrected chi connectivity index (χ4v) is 3.37. The van der Waals surface area contributed by atoms with E-state index in [1.54, 1.807) is 0 Å². The largest absolute Gasteiger partial charge is 0.331 e. The Labute approximate surface area is 157 Å². The van der Waals surface area contributed by atoms with Gasteiger partial charge < -0.3 is 4.90 Å². The molecule has 0 atom stereocenters. The van der Waals surface area contributed by atoms with Crippen molar-refractivity contribution in [2.45, 2.75) is 59.0 Å². The number of amides is 1. The lowest BCUT2D eigenvalue weighted by Crippen LogP contribution is -2.34. The van der Waals surface area contributed by atoms with Crippen molar-refractivity contribution in [1.29, 1.82) is 0 Å². The predicted molar refractivity (Wildman–Crippen MR) is 96.3 cm³/mol. The van der Waals surface area contributed by atoms with E-state index in [-0.39, 0.29) is 12.6 Å². The highest BCUT2D eigenvalue weighted by Gasteiger charge is 2.38. The van der Waals surface area contributed by atoms with Crippen LogP contribution in [0.5, 0.6) is 0 Å². The molecule has 2 aromatic rings. The molecular weight excluding hydrogens is 355 g/mol. The third-order valence-corrected chi connectivity index (χ3v) is 5.21. The molecule has 0 N–H and O–H groups in total. The number of carbonyl (C=O) groups excluding carboxylic acids is 1. The molecule has 3 rings (SSSR count). The minimum Gasteiger partial charge on any atom is -0.331 e. The molecule has 0 saturated heterocycles. The average molecular weight is 379 g/mol. The molecule has 0 unspecified atom stereocenters. The van der Waals surface area contributed by atoms with Crippen LogP contribution in [-0.2, 0) is 20.0 Å². The lowest BCUT2D eigenvalue weighted by Gasteiger charge is -2.24. The number of alkyl halides is 2. The summed E-state index contributed by atoms with van der Waals surface area (Å²) >= 11 is 0. The van der Waals surface area contributed by atoms with E-state index in [0.717, 1.165) is 41.5 Å². The first-order valence-electron chi connectivity index (χ1n) is 9.15. The minimum atomic E-state index is -3.01. The number of aryl methyl sites for hydroxylation is 4. The normalized spacial score (nSPS) is 14.1. The van der Waals surface area contributed by atoms with Gasteiger partial charge in [0.05, 0.1) is 0 Å². The fraction of sp³-hybridized carbons (Fsp3) is 0.500. The number of benzene rings is 1. The zero-order valence-electron chi connectivity index (χ0n) is 16.0. The average Bonchev–Trinajstić information content (AvgIpc) is 3.41. The van der Waals surface area contributed by atoms with Crippen LogP contribution in [0.15, 0.2) is 12.1 Å². The van der Waals surface area contributed by atoms with E-state index in [1.165, 1.54) is 11.9 Å². The number of hydrogen-bond donors (Lipinski definition) is 0. The van der Waals surface area contributed by atoms with Crippen LogP contribution in [0.25, 0.3) is 0 Å². The van der Waals surface area contributed by atoms with Gasteiger partial charge in [-0.1, -0.05) is 19.1 Å². The minimum absolute atomic E-state index is 0.0473. The standard InChI is InChI=1S/C20H24F3N3O/c1-5-13-8-11(2)12(3)9-14(13)10-26(15-6-7-15)20(27)16-17(18(21)22)24-25(4)19(16)23/h8-9,15,18H,5-7,10H2,1-4H3. The van der Waals surface area contributed by atoms with Gasteiger partial charge in [-0.25, -0.2) is 13.5 Å². The summed E-state index contributed by atoms with van der Waals surface area (Å²) in [6, 6.07) is 4.08. The van der Waals surface area contributed by atoms with Crippen molar-refractivity contribution >= 4 is 5.91 Å². The molecule has 0 aliphatic heterocycles. The van der Waals surface area contributed by atoms with Crippen LogP contribution >= 0.6 is 0 Å². The van der Waals surface area contributed by atoms with Crippen LogP contribution in [-0.4, -0.2) is 26.6 Å². The second-order valence-corrected chi connectivity index (χ2v) is 7.20. The Bertz CT molecular complexity index is 872. The highest BCUT2D eigenvalue weighted by Crippen LogP contribution is 2.33. The highest BCUT2D eigenvalue weighted by atomic mass is 19.3. The third-order valence-electron chi connectivity index (χ3n) is 5.21. The van der Waals surface area contributed by atoms with Crippen molar-refractivity contribution in [2.24, 2.45) is 7.05 Å². The summed E-state index contributed by atoms with van der Waals surface area (Å²) in [5.41, 5.74) is 2.95. The van der Waals surface area contributed by atoms with E-state index in [1.807, 2.05) is 26.8 Å². The summed E-state index contributed by atoms with van der Waals surface area (Å²) in [6.07, 6.45) is -0.617. The number of nitrogens with zero attached hydrogens (tertiary/aromatic N) is 3. The Morgan fingerprint density at radius 3 is 2.37 bits per heavy atom. The van der Waals surface area contributed by atoms with E-state index >= 15 is 0 Å². The first-order chi connectivity index (χ1) is 12.7. The summed E-state index contributed by atoms with van der Waals surface area (Å²) < 4.78 is 41.7. The summed E-state index contributed by atoms with van der Waals surface area (Å²) in [7, 11) is 1.22. The lowest BCUT2D eigenvalue weighted by atomic mass is 9.97. The molecule has 7 heteroatoms. The van der Waals surface area contributed by atoms with Crippen LogP contribution in [0.3, 0.4) is 0 Å². The van der Waals surface area contributed by atoms with Crippen LogP contribution < -0.4 is 0 Å². The molecule has 146 valence electrons. The molecule has 27 heavy (non-hydrogen) atoms. The van der Waals surface area contributed by atoms with Gasteiger partial charge in [0.15, 0.2) is 0 Å².